The van der Waals surface area contributed by atoms with Crippen LogP contribution in [0.15, 0.2) is 42.5 Å². The average molecular weight is 373 g/mol. The smallest absolute Gasteiger partial charge is 0.410 e. The van der Waals surface area contributed by atoms with Crippen molar-refractivity contribution in [1.82, 2.24) is 4.90 Å². The average Bonchev–Trinajstić information content (AvgIpc) is 2.66. The summed E-state index contributed by atoms with van der Waals surface area (Å²) in [7, 11) is 1.61. The topological polar surface area (TPSA) is 75.9 Å². The van der Waals surface area contributed by atoms with E-state index in [0.29, 0.717) is 43.1 Å². The van der Waals surface area contributed by atoms with E-state index in [1.165, 1.54) is 11.0 Å². The van der Waals surface area contributed by atoms with Crippen molar-refractivity contribution in [3.05, 3.63) is 64.0 Å². The minimum Gasteiger partial charge on any atom is -0.410 e. The van der Waals surface area contributed by atoms with Crippen molar-refractivity contribution in [1.29, 1.82) is 0 Å². The lowest BCUT2D eigenvalue weighted by Crippen LogP contribution is -2.40. The Kier molecular flexibility index (Phi) is 5.54. The number of carbonyl (C=O) groups is 1. The number of hydrogen-bond acceptors (Lipinski definition) is 5. The maximum Gasteiger partial charge on any atom is 0.415 e. The second-order valence-electron chi connectivity index (χ2n) is 6.39. The second-order valence-corrected chi connectivity index (χ2v) is 6.39. The van der Waals surface area contributed by atoms with E-state index in [-0.39, 0.29) is 5.69 Å². The SMILES string of the molecule is CN(CCN1CCCc2cc([N+](=O)[O-])cc(F)c21)C(=O)Oc1ccccc1. The molecule has 0 atom stereocenters. The van der Waals surface area contributed by atoms with E-state index in [9.17, 15) is 19.3 Å². The first-order valence-corrected chi connectivity index (χ1v) is 8.65. The molecule has 0 aliphatic carbocycles. The number of nitro benzene ring substituents is 1. The minimum atomic E-state index is -0.603. The van der Waals surface area contributed by atoms with Gasteiger partial charge in [-0.1, -0.05) is 18.2 Å². The van der Waals surface area contributed by atoms with Crippen LogP contribution in [0, 0.1) is 15.9 Å². The maximum absolute atomic E-state index is 14.5. The molecule has 2 aromatic rings. The van der Waals surface area contributed by atoms with E-state index >= 15 is 0 Å². The zero-order chi connectivity index (χ0) is 19.4. The van der Waals surface area contributed by atoms with Crippen LogP contribution in [0.4, 0.5) is 20.6 Å². The zero-order valence-corrected chi connectivity index (χ0v) is 14.9. The van der Waals surface area contributed by atoms with Crippen molar-refractivity contribution in [2.75, 3.05) is 31.6 Å². The minimum absolute atomic E-state index is 0.239. The van der Waals surface area contributed by atoms with Crippen LogP contribution < -0.4 is 9.64 Å². The normalized spacial score (nSPS) is 13.0. The Hall–Kier alpha value is -3.16. The third-order valence-electron chi connectivity index (χ3n) is 4.49. The van der Waals surface area contributed by atoms with Gasteiger partial charge in [0.2, 0.25) is 0 Å². The van der Waals surface area contributed by atoms with Gasteiger partial charge in [-0.3, -0.25) is 10.1 Å². The molecule has 1 heterocycles. The fourth-order valence-corrected chi connectivity index (χ4v) is 3.12. The summed E-state index contributed by atoms with van der Waals surface area (Å²) in [5.74, 6) is -0.149. The Balaban J connectivity index is 1.65. The molecule has 0 spiro atoms. The summed E-state index contributed by atoms with van der Waals surface area (Å²) < 4.78 is 19.7. The number of non-ortho nitro benzene ring substituents is 1. The Morgan fingerprint density at radius 2 is 2.07 bits per heavy atom. The van der Waals surface area contributed by atoms with Gasteiger partial charge in [-0.25, -0.2) is 9.18 Å². The van der Waals surface area contributed by atoms with Crippen molar-refractivity contribution in [2.24, 2.45) is 0 Å². The van der Waals surface area contributed by atoms with Gasteiger partial charge in [0.1, 0.15) is 5.75 Å². The summed E-state index contributed by atoms with van der Waals surface area (Å²) in [5, 5.41) is 10.9. The van der Waals surface area contributed by atoms with Gasteiger partial charge in [0.05, 0.1) is 16.7 Å². The van der Waals surface area contributed by atoms with Gasteiger partial charge < -0.3 is 14.5 Å². The molecule has 1 amide bonds. The van der Waals surface area contributed by atoms with Crippen LogP contribution in [0.2, 0.25) is 0 Å². The number of nitro groups is 1. The van der Waals surface area contributed by atoms with Gasteiger partial charge in [0.15, 0.2) is 5.82 Å². The molecule has 1 aliphatic heterocycles. The number of fused-ring (bicyclic) bond motifs is 1. The summed E-state index contributed by atoms with van der Waals surface area (Å²) in [4.78, 5) is 25.7. The van der Waals surface area contributed by atoms with Crippen molar-refractivity contribution in [3.63, 3.8) is 0 Å². The fourth-order valence-electron chi connectivity index (χ4n) is 3.12. The Morgan fingerprint density at radius 3 is 2.78 bits per heavy atom. The van der Waals surface area contributed by atoms with Crippen LogP contribution >= 0.6 is 0 Å². The standard InChI is InChI=1S/C19H20FN3O4/c1-21(19(24)27-16-7-3-2-4-8-16)10-11-22-9-5-6-14-12-15(23(25)26)13-17(20)18(14)22/h2-4,7-8,12-13H,5-6,9-11H2,1H3. The molecule has 142 valence electrons. The molecule has 0 radical (unpaired) electrons. The van der Waals surface area contributed by atoms with Crippen LogP contribution in [0.3, 0.4) is 0 Å². The highest BCUT2D eigenvalue weighted by Crippen LogP contribution is 2.33. The summed E-state index contributed by atoms with van der Waals surface area (Å²) in [6.07, 6.45) is 0.866. The number of ether oxygens (including phenoxy) is 1. The number of aryl methyl sites for hydroxylation is 1. The number of anilines is 1. The highest BCUT2D eigenvalue weighted by molar-refractivity contribution is 5.70. The molecule has 2 aromatic carbocycles. The van der Waals surface area contributed by atoms with Gasteiger partial charge in [0.25, 0.3) is 5.69 Å². The molecule has 0 saturated heterocycles. The van der Waals surface area contributed by atoms with Crippen LogP contribution in [0.1, 0.15) is 12.0 Å². The first kappa shape index (κ1) is 18.6. The molecule has 0 aromatic heterocycles. The van der Waals surface area contributed by atoms with Crippen molar-refractivity contribution in [3.8, 4) is 5.75 Å². The molecular weight excluding hydrogens is 353 g/mol. The number of halogens is 1. The quantitative estimate of drug-likeness (QED) is 0.591. The maximum atomic E-state index is 14.5. The second kappa shape index (κ2) is 8.03. The lowest BCUT2D eigenvalue weighted by molar-refractivity contribution is -0.385. The molecular formula is C19H20FN3O4. The lowest BCUT2D eigenvalue weighted by atomic mass is 10.0. The van der Waals surface area contributed by atoms with Gasteiger partial charge >= 0.3 is 6.09 Å². The Morgan fingerprint density at radius 1 is 1.33 bits per heavy atom. The van der Waals surface area contributed by atoms with E-state index in [1.807, 2.05) is 11.0 Å². The number of para-hydroxylation sites is 1. The first-order chi connectivity index (χ1) is 13.0. The molecule has 0 saturated carbocycles. The van der Waals surface area contributed by atoms with Crippen LogP contribution in [0.25, 0.3) is 0 Å². The van der Waals surface area contributed by atoms with Crippen molar-refractivity contribution in [2.45, 2.75) is 12.8 Å². The monoisotopic (exact) mass is 373 g/mol. The molecule has 3 rings (SSSR count). The zero-order valence-electron chi connectivity index (χ0n) is 14.9. The van der Waals surface area contributed by atoms with E-state index in [4.69, 9.17) is 4.74 Å². The molecule has 8 heteroatoms. The third kappa shape index (κ3) is 4.33. The highest BCUT2D eigenvalue weighted by Gasteiger charge is 2.25. The summed E-state index contributed by atoms with van der Waals surface area (Å²) in [6.45, 7) is 1.37. The molecule has 0 N–H and O–H groups in total. The number of hydrogen-bond donors (Lipinski definition) is 0. The van der Waals surface area contributed by atoms with Crippen LogP contribution in [0.5, 0.6) is 5.75 Å². The van der Waals surface area contributed by atoms with Gasteiger partial charge in [0, 0.05) is 32.7 Å². The third-order valence-corrected chi connectivity index (χ3v) is 4.49. The number of rotatable bonds is 5. The van der Waals surface area contributed by atoms with Gasteiger partial charge in [-0.2, -0.15) is 0 Å². The first-order valence-electron chi connectivity index (χ1n) is 8.65. The van der Waals surface area contributed by atoms with E-state index in [1.54, 1.807) is 31.3 Å². The molecule has 1 aliphatic rings. The Bertz CT molecular complexity index is 844. The molecule has 27 heavy (non-hydrogen) atoms. The number of nitrogens with zero attached hydrogens (tertiary/aromatic N) is 3. The van der Waals surface area contributed by atoms with Crippen molar-refractivity contribution < 1.29 is 18.8 Å². The summed E-state index contributed by atoms with van der Waals surface area (Å²) in [5.41, 5.74) is 0.774. The lowest BCUT2D eigenvalue weighted by Gasteiger charge is -2.32. The predicted molar refractivity (Wildman–Crippen MR) is 98.7 cm³/mol. The molecule has 0 bridgehead atoms. The van der Waals surface area contributed by atoms with E-state index < -0.39 is 16.8 Å². The number of benzene rings is 2. The van der Waals surface area contributed by atoms with E-state index in [2.05, 4.69) is 0 Å². The number of amides is 1. The van der Waals surface area contributed by atoms with Crippen LogP contribution in [-0.2, 0) is 6.42 Å². The van der Waals surface area contributed by atoms with Gasteiger partial charge in [-0.05, 0) is 30.5 Å². The number of likely N-dealkylation sites (N-methyl/N-ethyl adjacent to an activating group) is 1. The number of carbonyl (C=O) groups excluding carboxylic acids is 1. The Labute approximate surface area is 156 Å². The van der Waals surface area contributed by atoms with Gasteiger partial charge in [-0.15, -0.1) is 0 Å². The summed E-state index contributed by atoms with van der Waals surface area (Å²) in [6, 6.07) is 11.1. The highest BCUT2D eigenvalue weighted by atomic mass is 19.1. The van der Waals surface area contributed by atoms with Crippen LogP contribution in [-0.4, -0.2) is 42.6 Å². The van der Waals surface area contributed by atoms with Crippen molar-refractivity contribution >= 4 is 17.5 Å². The molecule has 0 fully saturated rings. The summed E-state index contributed by atoms with van der Waals surface area (Å²) >= 11 is 0. The fraction of sp³-hybridized carbons (Fsp3) is 0.316. The molecule has 7 nitrogen and oxygen atoms in total. The molecule has 0 unspecified atom stereocenters. The predicted octanol–water partition coefficient (Wildman–Crippen LogP) is 3.62. The largest absolute Gasteiger partial charge is 0.415 e. The van der Waals surface area contributed by atoms with E-state index in [0.717, 1.165) is 12.5 Å².